The molecule has 0 unspecified atom stereocenters. The Morgan fingerprint density at radius 2 is 2.17 bits per heavy atom. The first-order valence-corrected chi connectivity index (χ1v) is 6.00. The Labute approximate surface area is 109 Å². The Hall–Kier alpha value is -1.94. The van der Waals surface area contributed by atoms with Crippen LogP contribution in [0.5, 0.6) is 0 Å². The molecule has 18 heavy (non-hydrogen) atoms. The van der Waals surface area contributed by atoms with Crippen LogP contribution in [0.3, 0.4) is 0 Å². The van der Waals surface area contributed by atoms with E-state index in [1.54, 1.807) is 12.4 Å². The third-order valence-electron chi connectivity index (χ3n) is 2.79. The maximum Gasteiger partial charge on any atom is 0.160 e. The summed E-state index contributed by atoms with van der Waals surface area (Å²) in [6.07, 6.45) is 3.42. The molecule has 0 aromatic carbocycles. The first kappa shape index (κ1) is 11.2. The van der Waals surface area contributed by atoms with Crippen molar-refractivity contribution in [1.29, 1.82) is 0 Å². The summed E-state index contributed by atoms with van der Waals surface area (Å²) in [6.45, 7) is 2.62. The molecule has 0 aliphatic heterocycles. The van der Waals surface area contributed by atoms with E-state index >= 15 is 0 Å². The number of imidazole rings is 1. The van der Waals surface area contributed by atoms with Gasteiger partial charge in [0.2, 0.25) is 0 Å². The third kappa shape index (κ3) is 1.95. The zero-order valence-electron chi connectivity index (χ0n) is 9.84. The van der Waals surface area contributed by atoms with Gasteiger partial charge in [0, 0.05) is 12.4 Å². The minimum atomic E-state index is 0.602. The van der Waals surface area contributed by atoms with Gasteiger partial charge in [-0.15, -0.1) is 0 Å². The fourth-order valence-corrected chi connectivity index (χ4v) is 2.09. The molecule has 3 heterocycles. The minimum Gasteiger partial charge on any atom is -0.307 e. The molecule has 3 aromatic heterocycles. The van der Waals surface area contributed by atoms with Crippen molar-refractivity contribution < 1.29 is 0 Å². The van der Waals surface area contributed by atoms with Crippen LogP contribution < -0.4 is 0 Å². The van der Waals surface area contributed by atoms with Gasteiger partial charge in [0.15, 0.2) is 5.65 Å². The van der Waals surface area contributed by atoms with Crippen LogP contribution in [0.4, 0.5) is 0 Å². The summed E-state index contributed by atoms with van der Waals surface area (Å²) in [5.74, 6) is 0.908. The molecule has 3 rings (SSSR count). The SMILES string of the molecule is Cc1nc2cc(Cl)cnc2n1Cc1ccccn1. The molecular formula is C13H11ClN4. The van der Waals surface area contributed by atoms with Crippen LogP contribution in [0.1, 0.15) is 11.5 Å². The van der Waals surface area contributed by atoms with E-state index in [0.717, 1.165) is 22.7 Å². The topological polar surface area (TPSA) is 43.6 Å². The summed E-state index contributed by atoms with van der Waals surface area (Å²) in [4.78, 5) is 13.1. The number of hydrogen-bond donors (Lipinski definition) is 0. The fraction of sp³-hybridized carbons (Fsp3) is 0.154. The molecule has 5 heteroatoms. The second kappa shape index (κ2) is 4.38. The van der Waals surface area contributed by atoms with Crippen LogP contribution in [0, 0.1) is 6.92 Å². The van der Waals surface area contributed by atoms with Crippen LogP contribution in [0.2, 0.25) is 5.02 Å². The summed E-state index contributed by atoms with van der Waals surface area (Å²) >= 11 is 5.92. The van der Waals surface area contributed by atoms with Crippen LogP contribution in [-0.4, -0.2) is 19.5 Å². The second-order valence-electron chi connectivity index (χ2n) is 4.06. The van der Waals surface area contributed by atoms with E-state index in [1.807, 2.05) is 35.8 Å². The first-order chi connectivity index (χ1) is 8.74. The highest BCUT2D eigenvalue weighted by Crippen LogP contribution is 2.18. The number of nitrogens with zero attached hydrogens (tertiary/aromatic N) is 4. The number of pyridine rings is 2. The average molecular weight is 259 g/mol. The number of hydrogen-bond acceptors (Lipinski definition) is 3. The lowest BCUT2D eigenvalue weighted by molar-refractivity contribution is 0.757. The maximum absolute atomic E-state index is 5.92. The van der Waals surface area contributed by atoms with Crippen molar-refractivity contribution in [3.8, 4) is 0 Å². The zero-order chi connectivity index (χ0) is 12.5. The summed E-state index contributed by atoms with van der Waals surface area (Å²) in [5.41, 5.74) is 2.63. The summed E-state index contributed by atoms with van der Waals surface area (Å²) in [6, 6.07) is 7.69. The zero-order valence-corrected chi connectivity index (χ0v) is 10.6. The lowest BCUT2D eigenvalue weighted by Crippen LogP contribution is -2.04. The Kier molecular flexibility index (Phi) is 2.72. The van der Waals surface area contributed by atoms with Crippen LogP contribution >= 0.6 is 11.6 Å². The van der Waals surface area contributed by atoms with Crippen molar-refractivity contribution in [2.75, 3.05) is 0 Å². The highest BCUT2D eigenvalue weighted by Gasteiger charge is 2.09. The summed E-state index contributed by atoms with van der Waals surface area (Å²) in [7, 11) is 0. The Bertz CT molecular complexity index is 691. The van der Waals surface area contributed by atoms with E-state index in [-0.39, 0.29) is 0 Å². The van der Waals surface area contributed by atoms with Gasteiger partial charge in [0.25, 0.3) is 0 Å². The van der Waals surface area contributed by atoms with Gasteiger partial charge in [-0.3, -0.25) is 4.98 Å². The molecule has 0 N–H and O–H groups in total. The predicted octanol–water partition coefficient (Wildman–Crippen LogP) is 2.84. The maximum atomic E-state index is 5.92. The molecule has 0 amide bonds. The van der Waals surface area contributed by atoms with Crippen molar-refractivity contribution in [2.45, 2.75) is 13.5 Å². The lowest BCUT2D eigenvalue weighted by atomic mass is 10.3. The number of rotatable bonds is 2. The molecule has 0 atom stereocenters. The van der Waals surface area contributed by atoms with Gasteiger partial charge in [-0.2, -0.15) is 0 Å². The molecule has 0 saturated carbocycles. The average Bonchev–Trinajstić information content (AvgIpc) is 2.66. The normalized spacial score (nSPS) is 11.0. The number of aromatic nitrogens is 4. The number of fused-ring (bicyclic) bond motifs is 1. The van der Waals surface area contributed by atoms with Crippen molar-refractivity contribution in [1.82, 2.24) is 19.5 Å². The molecule has 0 aliphatic carbocycles. The number of aryl methyl sites for hydroxylation is 1. The van der Waals surface area contributed by atoms with E-state index < -0.39 is 0 Å². The molecule has 0 fully saturated rings. The van der Waals surface area contributed by atoms with E-state index in [9.17, 15) is 0 Å². The molecule has 4 nitrogen and oxygen atoms in total. The van der Waals surface area contributed by atoms with Gasteiger partial charge in [-0.05, 0) is 25.1 Å². The van der Waals surface area contributed by atoms with E-state index in [4.69, 9.17) is 11.6 Å². The second-order valence-corrected chi connectivity index (χ2v) is 4.50. The summed E-state index contributed by atoms with van der Waals surface area (Å²) < 4.78 is 2.04. The molecule has 3 aromatic rings. The molecule has 90 valence electrons. The highest BCUT2D eigenvalue weighted by molar-refractivity contribution is 6.31. The largest absolute Gasteiger partial charge is 0.307 e. The highest BCUT2D eigenvalue weighted by atomic mass is 35.5. The van der Waals surface area contributed by atoms with Crippen molar-refractivity contribution in [3.05, 3.63) is 53.2 Å². The van der Waals surface area contributed by atoms with Crippen molar-refractivity contribution in [3.63, 3.8) is 0 Å². The minimum absolute atomic E-state index is 0.602. The van der Waals surface area contributed by atoms with Gasteiger partial charge < -0.3 is 4.57 Å². The molecule has 0 saturated heterocycles. The van der Waals surface area contributed by atoms with Crippen LogP contribution in [0.25, 0.3) is 11.2 Å². The fourth-order valence-electron chi connectivity index (χ4n) is 1.94. The monoisotopic (exact) mass is 258 g/mol. The van der Waals surface area contributed by atoms with Gasteiger partial charge >= 0.3 is 0 Å². The Morgan fingerprint density at radius 3 is 2.94 bits per heavy atom. The molecule has 0 spiro atoms. The summed E-state index contributed by atoms with van der Waals surface area (Å²) in [5, 5.41) is 0.602. The van der Waals surface area contributed by atoms with Crippen molar-refractivity contribution in [2.24, 2.45) is 0 Å². The smallest absolute Gasteiger partial charge is 0.160 e. The number of halogens is 1. The van der Waals surface area contributed by atoms with Crippen LogP contribution in [0.15, 0.2) is 36.7 Å². The lowest BCUT2D eigenvalue weighted by Gasteiger charge is -2.05. The van der Waals surface area contributed by atoms with Crippen LogP contribution in [-0.2, 0) is 6.54 Å². The van der Waals surface area contributed by atoms with E-state index in [1.165, 1.54) is 0 Å². The standard InChI is InChI=1S/C13H11ClN4/c1-9-17-12-6-10(14)7-16-13(12)18(9)8-11-4-2-3-5-15-11/h2-7H,8H2,1H3. The quantitative estimate of drug-likeness (QED) is 0.710. The first-order valence-electron chi connectivity index (χ1n) is 5.62. The van der Waals surface area contributed by atoms with Crippen molar-refractivity contribution >= 4 is 22.8 Å². The van der Waals surface area contributed by atoms with E-state index in [2.05, 4.69) is 15.0 Å². The third-order valence-corrected chi connectivity index (χ3v) is 3.00. The van der Waals surface area contributed by atoms with Gasteiger partial charge in [-0.25, -0.2) is 9.97 Å². The van der Waals surface area contributed by atoms with Gasteiger partial charge in [0.05, 0.1) is 17.3 Å². The molecule has 0 bridgehead atoms. The Balaban J connectivity index is 2.09. The van der Waals surface area contributed by atoms with Gasteiger partial charge in [-0.1, -0.05) is 17.7 Å². The molecule has 0 radical (unpaired) electrons. The molecule has 0 aliphatic rings. The Morgan fingerprint density at radius 1 is 1.28 bits per heavy atom. The van der Waals surface area contributed by atoms with E-state index in [0.29, 0.717) is 11.6 Å². The predicted molar refractivity (Wildman–Crippen MR) is 70.6 cm³/mol. The molecular weight excluding hydrogens is 248 g/mol. The van der Waals surface area contributed by atoms with Gasteiger partial charge in [0.1, 0.15) is 11.3 Å².